The third kappa shape index (κ3) is 5.64. The van der Waals surface area contributed by atoms with Gasteiger partial charge in [0.15, 0.2) is 11.6 Å². The molecular formula is C23H26FN3O3S. The number of ether oxygens (including phenoxy) is 2. The van der Waals surface area contributed by atoms with Crippen molar-refractivity contribution in [1.29, 1.82) is 0 Å². The van der Waals surface area contributed by atoms with Crippen LogP contribution in [0.2, 0.25) is 0 Å². The van der Waals surface area contributed by atoms with E-state index in [9.17, 15) is 9.18 Å². The molecule has 0 spiro atoms. The molecule has 2 aliphatic heterocycles. The minimum absolute atomic E-state index is 0.00463. The van der Waals surface area contributed by atoms with Crippen molar-refractivity contribution in [3.8, 4) is 11.5 Å². The van der Waals surface area contributed by atoms with Crippen LogP contribution in [0.5, 0.6) is 11.5 Å². The van der Waals surface area contributed by atoms with Gasteiger partial charge < -0.3 is 14.8 Å². The maximum Gasteiger partial charge on any atom is 0.244 e. The van der Waals surface area contributed by atoms with E-state index in [2.05, 4.69) is 15.2 Å². The molecule has 1 unspecified atom stereocenters. The number of halogens is 1. The molecule has 8 heteroatoms. The Morgan fingerprint density at radius 1 is 1.35 bits per heavy atom. The van der Waals surface area contributed by atoms with Crippen molar-refractivity contribution in [2.24, 2.45) is 0 Å². The quantitative estimate of drug-likeness (QED) is 0.663. The van der Waals surface area contributed by atoms with Gasteiger partial charge in [-0.2, -0.15) is 11.8 Å². The molecule has 2 fully saturated rings. The number of carbonyl (C=O) groups excluding carboxylic acids is 1. The summed E-state index contributed by atoms with van der Waals surface area (Å²) in [4.78, 5) is 18.8. The van der Waals surface area contributed by atoms with Crippen molar-refractivity contribution in [2.45, 2.75) is 12.0 Å². The van der Waals surface area contributed by atoms with Crippen molar-refractivity contribution >= 4 is 23.7 Å². The van der Waals surface area contributed by atoms with Crippen LogP contribution in [0.15, 0.2) is 48.8 Å². The first-order valence-electron chi connectivity index (χ1n) is 10.4. The molecule has 2 aromatic rings. The molecule has 6 nitrogen and oxygen atoms in total. The lowest BCUT2D eigenvalue weighted by molar-refractivity contribution is -0.117. The average Bonchev–Trinajstić information content (AvgIpc) is 3.29. The van der Waals surface area contributed by atoms with Gasteiger partial charge in [0.1, 0.15) is 5.75 Å². The molecular weight excluding hydrogens is 417 g/mol. The van der Waals surface area contributed by atoms with E-state index in [1.54, 1.807) is 36.5 Å². The highest BCUT2D eigenvalue weighted by atomic mass is 32.2. The number of thioether (sulfide) groups is 1. The summed E-state index contributed by atoms with van der Waals surface area (Å²) in [6, 6.07) is 8.02. The van der Waals surface area contributed by atoms with Crippen molar-refractivity contribution < 1.29 is 18.7 Å². The summed E-state index contributed by atoms with van der Waals surface area (Å²) in [5.74, 6) is 2.02. The highest BCUT2D eigenvalue weighted by Crippen LogP contribution is 2.33. The van der Waals surface area contributed by atoms with Crippen LogP contribution < -0.4 is 10.1 Å². The van der Waals surface area contributed by atoms with Crippen LogP contribution in [-0.2, 0) is 9.53 Å². The molecule has 0 aliphatic carbocycles. The van der Waals surface area contributed by atoms with E-state index in [1.165, 1.54) is 18.3 Å². The van der Waals surface area contributed by atoms with E-state index < -0.39 is 5.82 Å². The van der Waals surface area contributed by atoms with Gasteiger partial charge >= 0.3 is 0 Å². The molecule has 0 saturated carbocycles. The smallest absolute Gasteiger partial charge is 0.244 e. The maximum absolute atomic E-state index is 14.4. The molecule has 1 aromatic carbocycles. The van der Waals surface area contributed by atoms with Crippen LogP contribution in [0.3, 0.4) is 0 Å². The van der Waals surface area contributed by atoms with Gasteiger partial charge in [0, 0.05) is 43.2 Å². The zero-order valence-corrected chi connectivity index (χ0v) is 18.1. The Morgan fingerprint density at radius 3 is 2.94 bits per heavy atom. The molecule has 1 aromatic heterocycles. The van der Waals surface area contributed by atoms with Crippen LogP contribution >= 0.6 is 11.8 Å². The average molecular weight is 444 g/mol. The molecule has 0 radical (unpaired) electrons. The second-order valence-corrected chi connectivity index (χ2v) is 8.76. The lowest BCUT2D eigenvalue weighted by Gasteiger charge is -2.42. The zero-order chi connectivity index (χ0) is 21.5. The van der Waals surface area contributed by atoms with Gasteiger partial charge in [-0.05, 0) is 48.1 Å². The van der Waals surface area contributed by atoms with E-state index >= 15 is 0 Å². The summed E-state index contributed by atoms with van der Waals surface area (Å²) < 4.78 is 25.3. The predicted molar refractivity (Wildman–Crippen MR) is 120 cm³/mol. The number of hydrogen-bond acceptors (Lipinski definition) is 6. The van der Waals surface area contributed by atoms with Gasteiger partial charge in [0.05, 0.1) is 19.4 Å². The molecule has 4 rings (SSSR count). The van der Waals surface area contributed by atoms with Crippen molar-refractivity contribution in [2.75, 3.05) is 44.4 Å². The number of pyridine rings is 1. The standard InChI is InChI=1S/C23H26FN3O3S/c24-20-14-18(3-5-21(20)30-19-2-1-8-25-15-19)4-6-22(28)26-16-23(7-13-31-17-23)27-9-11-29-12-10-27/h1-6,8,14-15H,7,9-13,16-17H2,(H,26,28)/b6-4+. The topological polar surface area (TPSA) is 63.7 Å². The van der Waals surface area contributed by atoms with E-state index in [1.807, 2.05) is 11.8 Å². The SMILES string of the molecule is O=C(/C=C/c1ccc(Oc2cccnc2)c(F)c1)NCC1(N2CCOCC2)CCSC1. The van der Waals surface area contributed by atoms with E-state index in [-0.39, 0.29) is 17.2 Å². The number of morpholine rings is 1. The first-order chi connectivity index (χ1) is 15.1. The van der Waals surface area contributed by atoms with Crippen LogP contribution in [0.25, 0.3) is 6.08 Å². The molecule has 2 aliphatic rings. The van der Waals surface area contributed by atoms with Gasteiger partial charge in [0.2, 0.25) is 5.91 Å². The molecule has 164 valence electrons. The largest absolute Gasteiger partial charge is 0.453 e. The van der Waals surface area contributed by atoms with Crippen LogP contribution in [0.1, 0.15) is 12.0 Å². The highest BCUT2D eigenvalue weighted by molar-refractivity contribution is 7.99. The molecule has 1 N–H and O–H groups in total. The maximum atomic E-state index is 14.4. The molecule has 3 heterocycles. The van der Waals surface area contributed by atoms with Crippen LogP contribution in [0, 0.1) is 5.82 Å². The fraction of sp³-hybridized carbons (Fsp3) is 0.391. The fourth-order valence-corrected chi connectivity index (χ4v) is 5.33. The number of nitrogens with zero attached hydrogens (tertiary/aromatic N) is 2. The summed E-state index contributed by atoms with van der Waals surface area (Å²) in [6.07, 6.45) is 7.26. The molecule has 1 atom stereocenters. The molecule has 1 amide bonds. The molecule has 2 saturated heterocycles. The fourth-order valence-electron chi connectivity index (χ4n) is 3.86. The molecule has 31 heavy (non-hydrogen) atoms. The number of hydrogen-bond donors (Lipinski definition) is 1. The highest BCUT2D eigenvalue weighted by Gasteiger charge is 2.40. The van der Waals surface area contributed by atoms with Crippen molar-refractivity contribution in [3.63, 3.8) is 0 Å². The van der Waals surface area contributed by atoms with Crippen LogP contribution in [0.4, 0.5) is 4.39 Å². The number of rotatable bonds is 7. The minimum atomic E-state index is -0.499. The van der Waals surface area contributed by atoms with E-state index in [4.69, 9.17) is 9.47 Å². The number of nitrogens with one attached hydrogen (secondary N) is 1. The Kier molecular flexibility index (Phi) is 7.21. The third-order valence-electron chi connectivity index (χ3n) is 5.60. The van der Waals surface area contributed by atoms with Crippen molar-refractivity contribution in [3.05, 3.63) is 60.2 Å². The summed E-state index contributed by atoms with van der Waals surface area (Å²) in [7, 11) is 0. The number of benzene rings is 1. The molecule has 0 bridgehead atoms. The Labute approximate surface area is 185 Å². The Bertz CT molecular complexity index is 914. The van der Waals surface area contributed by atoms with Gasteiger partial charge in [-0.25, -0.2) is 4.39 Å². The third-order valence-corrected chi connectivity index (χ3v) is 6.84. The first kappa shape index (κ1) is 21.8. The summed E-state index contributed by atoms with van der Waals surface area (Å²) in [6.45, 7) is 3.89. The normalized spacial score (nSPS) is 22.0. The predicted octanol–water partition coefficient (Wildman–Crippen LogP) is 3.35. The van der Waals surface area contributed by atoms with Gasteiger partial charge in [-0.15, -0.1) is 0 Å². The van der Waals surface area contributed by atoms with Crippen molar-refractivity contribution in [1.82, 2.24) is 15.2 Å². The first-order valence-corrected chi connectivity index (χ1v) is 11.5. The second kappa shape index (κ2) is 10.3. The van der Waals surface area contributed by atoms with E-state index in [0.717, 1.165) is 44.2 Å². The summed E-state index contributed by atoms with van der Waals surface area (Å²) in [5, 5.41) is 3.04. The zero-order valence-electron chi connectivity index (χ0n) is 17.3. The number of carbonyl (C=O) groups is 1. The summed E-state index contributed by atoms with van der Waals surface area (Å²) >= 11 is 1.93. The second-order valence-electron chi connectivity index (χ2n) is 7.66. The number of aromatic nitrogens is 1. The lowest BCUT2D eigenvalue weighted by atomic mass is 9.95. The van der Waals surface area contributed by atoms with Gasteiger partial charge in [-0.3, -0.25) is 14.7 Å². The Balaban J connectivity index is 1.33. The van der Waals surface area contributed by atoms with E-state index in [0.29, 0.717) is 17.9 Å². The Hall–Kier alpha value is -2.42. The minimum Gasteiger partial charge on any atom is -0.453 e. The van der Waals surface area contributed by atoms with Gasteiger partial charge in [-0.1, -0.05) is 6.07 Å². The number of amides is 1. The monoisotopic (exact) mass is 443 g/mol. The van der Waals surface area contributed by atoms with Crippen LogP contribution in [-0.4, -0.2) is 65.7 Å². The lowest BCUT2D eigenvalue weighted by Crippen LogP contribution is -2.59. The Morgan fingerprint density at radius 2 is 2.23 bits per heavy atom. The van der Waals surface area contributed by atoms with Gasteiger partial charge in [0.25, 0.3) is 0 Å². The summed E-state index contributed by atoms with van der Waals surface area (Å²) in [5.41, 5.74) is 0.584.